The van der Waals surface area contributed by atoms with Gasteiger partial charge < -0.3 is 9.84 Å². The van der Waals surface area contributed by atoms with E-state index in [-0.39, 0.29) is 12.1 Å². The van der Waals surface area contributed by atoms with E-state index < -0.39 is 5.97 Å². The molecule has 0 heterocycles. The number of carbonyl (C=O) groups is 2. The fourth-order valence-electron chi connectivity index (χ4n) is 7.42. The van der Waals surface area contributed by atoms with Crippen molar-refractivity contribution in [2.24, 2.45) is 0 Å². The van der Waals surface area contributed by atoms with Crippen LogP contribution in [0.2, 0.25) is 0 Å². The average molecular weight is 707 g/mol. The highest BCUT2D eigenvalue weighted by molar-refractivity contribution is 5.69. The first kappa shape index (κ1) is 48.9. The van der Waals surface area contributed by atoms with E-state index in [2.05, 4.69) is 13.8 Å². The predicted octanol–water partition coefficient (Wildman–Crippen LogP) is 16.0. The van der Waals surface area contributed by atoms with Crippen LogP contribution in [0.25, 0.3) is 0 Å². The van der Waals surface area contributed by atoms with E-state index in [0.717, 1.165) is 32.1 Å². The van der Waals surface area contributed by atoms with E-state index in [1.165, 1.54) is 218 Å². The topological polar surface area (TPSA) is 63.6 Å². The van der Waals surface area contributed by atoms with Gasteiger partial charge in [0.15, 0.2) is 0 Å². The molecule has 0 spiro atoms. The fourth-order valence-corrected chi connectivity index (χ4v) is 7.42. The van der Waals surface area contributed by atoms with Crippen LogP contribution in [0.5, 0.6) is 0 Å². The lowest BCUT2D eigenvalue weighted by atomic mass is 10.0. The Morgan fingerprint density at radius 3 is 0.880 bits per heavy atom. The molecule has 0 rings (SSSR count). The minimum absolute atomic E-state index is 0.0462. The lowest BCUT2D eigenvalue weighted by Gasteiger charge is -2.18. The molecule has 0 aliphatic carbocycles. The lowest BCUT2D eigenvalue weighted by Crippen LogP contribution is -2.18. The molecule has 0 saturated carbocycles. The Hall–Kier alpha value is -1.06. The third-order valence-corrected chi connectivity index (χ3v) is 10.8. The number of aliphatic carboxylic acids is 1. The van der Waals surface area contributed by atoms with Crippen molar-refractivity contribution in [3.05, 3.63) is 0 Å². The Bertz CT molecular complexity index is 677. The Balaban J connectivity index is 3.89. The first-order valence-electron chi connectivity index (χ1n) is 23.0. The summed E-state index contributed by atoms with van der Waals surface area (Å²) in [4.78, 5) is 23.4. The van der Waals surface area contributed by atoms with Gasteiger partial charge in [-0.15, -0.1) is 0 Å². The van der Waals surface area contributed by atoms with Crippen molar-refractivity contribution >= 4 is 11.9 Å². The molecule has 4 nitrogen and oxygen atoms in total. The van der Waals surface area contributed by atoms with Gasteiger partial charge in [-0.2, -0.15) is 0 Å². The quantitative estimate of drug-likeness (QED) is 0.0506. The maximum absolute atomic E-state index is 12.8. The highest BCUT2D eigenvalue weighted by Crippen LogP contribution is 2.20. The van der Waals surface area contributed by atoms with E-state index in [9.17, 15) is 9.59 Å². The number of rotatable bonds is 43. The number of ether oxygens (including phenoxy) is 1. The molecule has 0 aromatic carbocycles. The molecule has 0 aliphatic heterocycles. The number of hydrogen-bond acceptors (Lipinski definition) is 3. The third-order valence-electron chi connectivity index (χ3n) is 10.8. The SMILES string of the molecule is CCCCCCCCCCCCCCCCCCCCCC(=O)OC(CCCCCCCCCC)CCCCCCCCCCCCC(=O)O. The number of carboxylic acids is 1. The van der Waals surface area contributed by atoms with Crippen molar-refractivity contribution in [1.29, 1.82) is 0 Å². The number of carbonyl (C=O) groups excluding carboxylic acids is 1. The molecule has 0 fully saturated rings. The van der Waals surface area contributed by atoms with Gasteiger partial charge in [0.25, 0.3) is 0 Å². The van der Waals surface area contributed by atoms with Crippen LogP contribution in [0.1, 0.15) is 277 Å². The van der Waals surface area contributed by atoms with Crippen molar-refractivity contribution in [2.75, 3.05) is 0 Å². The fraction of sp³-hybridized carbons (Fsp3) is 0.957. The zero-order valence-corrected chi connectivity index (χ0v) is 34.2. The van der Waals surface area contributed by atoms with Crippen LogP contribution in [0.3, 0.4) is 0 Å². The molecule has 1 unspecified atom stereocenters. The number of unbranched alkanes of at least 4 members (excludes halogenated alkanes) is 34. The zero-order chi connectivity index (χ0) is 36.4. The maximum Gasteiger partial charge on any atom is 0.306 e. The molecule has 4 heteroatoms. The first-order valence-corrected chi connectivity index (χ1v) is 23.0. The second-order valence-electron chi connectivity index (χ2n) is 16.0. The van der Waals surface area contributed by atoms with Crippen molar-refractivity contribution in [2.45, 2.75) is 283 Å². The van der Waals surface area contributed by atoms with Crippen molar-refractivity contribution in [3.8, 4) is 0 Å². The van der Waals surface area contributed by atoms with Crippen LogP contribution in [0, 0.1) is 0 Å². The zero-order valence-electron chi connectivity index (χ0n) is 34.2. The summed E-state index contributed by atoms with van der Waals surface area (Å²) in [7, 11) is 0. The van der Waals surface area contributed by atoms with Gasteiger partial charge in [-0.05, 0) is 38.5 Å². The van der Waals surface area contributed by atoms with Gasteiger partial charge in [0.1, 0.15) is 6.10 Å². The van der Waals surface area contributed by atoms with Gasteiger partial charge in [0.05, 0.1) is 0 Å². The third kappa shape index (κ3) is 41.4. The molecule has 0 amide bonds. The highest BCUT2D eigenvalue weighted by atomic mass is 16.5. The molecule has 1 atom stereocenters. The summed E-state index contributed by atoms with van der Waals surface area (Å²) in [5.74, 6) is -0.624. The van der Waals surface area contributed by atoms with E-state index in [1.54, 1.807) is 0 Å². The molecule has 1 N–H and O–H groups in total. The Labute approximate surface area is 313 Å². The summed E-state index contributed by atoms with van der Waals surface area (Å²) >= 11 is 0. The first-order chi connectivity index (χ1) is 24.6. The van der Waals surface area contributed by atoms with Crippen molar-refractivity contribution < 1.29 is 19.4 Å². The molecule has 0 aliphatic rings. The lowest BCUT2D eigenvalue weighted by molar-refractivity contribution is -0.150. The van der Waals surface area contributed by atoms with Gasteiger partial charge in [-0.3, -0.25) is 9.59 Å². The minimum Gasteiger partial charge on any atom is -0.481 e. The molecule has 0 radical (unpaired) electrons. The summed E-state index contributed by atoms with van der Waals surface area (Å²) in [6, 6.07) is 0. The van der Waals surface area contributed by atoms with Crippen LogP contribution in [0.4, 0.5) is 0 Å². The number of esters is 1. The van der Waals surface area contributed by atoms with Crippen LogP contribution in [0.15, 0.2) is 0 Å². The van der Waals surface area contributed by atoms with Crippen LogP contribution in [-0.4, -0.2) is 23.1 Å². The summed E-state index contributed by atoms with van der Waals surface area (Å²) in [6.07, 6.45) is 51.5. The van der Waals surface area contributed by atoms with Crippen LogP contribution in [-0.2, 0) is 14.3 Å². The van der Waals surface area contributed by atoms with E-state index in [1.807, 2.05) is 0 Å². The molecule has 0 saturated heterocycles. The molecule has 298 valence electrons. The van der Waals surface area contributed by atoms with Gasteiger partial charge in [-0.25, -0.2) is 0 Å². The summed E-state index contributed by atoms with van der Waals surface area (Å²) in [5, 5.41) is 8.73. The molecular weight excluding hydrogens is 617 g/mol. The second-order valence-corrected chi connectivity index (χ2v) is 16.0. The minimum atomic E-state index is -0.671. The normalized spacial score (nSPS) is 12.0. The molecular formula is C46H90O4. The second kappa shape index (κ2) is 42.4. The van der Waals surface area contributed by atoms with Gasteiger partial charge >= 0.3 is 11.9 Å². The number of hydrogen-bond donors (Lipinski definition) is 1. The summed E-state index contributed by atoms with van der Waals surface area (Å²) in [5.41, 5.74) is 0. The summed E-state index contributed by atoms with van der Waals surface area (Å²) < 4.78 is 6.08. The highest BCUT2D eigenvalue weighted by Gasteiger charge is 2.14. The van der Waals surface area contributed by atoms with E-state index in [4.69, 9.17) is 9.84 Å². The van der Waals surface area contributed by atoms with Crippen LogP contribution >= 0.6 is 0 Å². The Morgan fingerprint density at radius 1 is 0.360 bits per heavy atom. The van der Waals surface area contributed by atoms with E-state index >= 15 is 0 Å². The number of carboxylic acid groups (broad SMARTS) is 1. The van der Waals surface area contributed by atoms with Gasteiger partial charge in [-0.1, -0.05) is 226 Å². The Kier molecular flexibility index (Phi) is 41.5. The molecule has 0 aromatic rings. The largest absolute Gasteiger partial charge is 0.481 e. The molecule has 0 aromatic heterocycles. The average Bonchev–Trinajstić information content (AvgIpc) is 3.10. The predicted molar refractivity (Wildman–Crippen MR) is 218 cm³/mol. The van der Waals surface area contributed by atoms with E-state index in [0.29, 0.717) is 12.8 Å². The Morgan fingerprint density at radius 2 is 0.600 bits per heavy atom. The van der Waals surface area contributed by atoms with Crippen LogP contribution < -0.4 is 0 Å². The molecule has 50 heavy (non-hydrogen) atoms. The monoisotopic (exact) mass is 707 g/mol. The van der Waals surface area contributed by atoms with Gasteiger partial charge in [0, 0.05) is 12.8 Å². The standard InChI is InChI=1S/C46H90O4/c1-3-5-7-9-11-13-14-15-16-17-18-19-20-21-22-27-31-35-39-43-46(49)50-44(40-36-32-28-12-10-8-6-4-2)41-37-33-29-25-23-24-26-30-34-38-42-45(47)48/h44H,3-43H2,1-2H3,(H,47,48). The van der Waals surface area contributed by atoms with Gasteiger partial charge in [0.2, 0.25) is 0 Å². The molecule has 0 bridgehead atoms. The van der Waals surface area contributed by atoms with Crippen molar-refractivity contribution in [1.82, 2.24) is 0 Å². The summed E-state index contributed by atoms with van der Waals surface area (Å²) in [6.45, 7) is 4.57. The maximum atomic E-state index is 12.8. The smallest absolute Gasteiger partial charge is 0.306 e. The van der Waals surface area contributed by atoms with Crippen molar-refractivity contribution in [3.63, 3.8) is 0 Å².